The molecule has 4 heteroatoms. The van der Waals surface area contributed by atoms with Crippen LogP contribution >= 0.6 is 0 Å². The van der Waals surface area contributed by atoms with Crippen molar-refractivity contribution in [1.29, 1.82) is 0 Å². The molecule has 0 amide bonds. The minimum Gasteiger partial charge on any atom is -0.390 e. The molecule has 6 atom stereocenters. The predicted molar refractivity (Wildman–Crippen MR) is 98.8 cm³/mol. The van der Waals surface area contributed by atoms with E-state index in [1.807, 2.05) is 0 Å². The minimum atomic E-state index is -0.297. The van der Waals surface area contributed by atoms with Gasteiger partial charge in [-0.15, -0.1) is 0 Å². The zero-order valence-corrected chi connectivity index (χ0v) is 16.0. The third-order valence-corrected chi connectivity index (χ3v) is 6.14. The molecule has 25 heavy (non-hydrogen) atoms. The Morgan fingerprint density at radius 2 is 1.32 bits per heavy atom. The van der Waals surface area contributed by atoms with Crippen LogP contribution < -0.4 is 0 Å². The van der Waals surface area contributed by atoms with Gasteiger partial charge in [-0.25, -0.2) is 0 Å². The summed E-state index contributed by atoms with van der Waals surface area (Å²) in [5.41, 5.74) is 0. The van der Waals surface area contributed by atoms with E-state index in [-0.39, 0.29) is 30.5 Å². The third-order valence-electron chi connectivity index (χ3n) is 6.14. The zero-order chi connectivity index (χ0) is 17.5. The molecule has 146 valence electrons. The average Bonchev–Trinajstić information content (AvgIpc) is 3.15. The molecule has 0 aromatic rings. The second-order valence-electron chi connectivity index (χ2n) is 8.28. The first-order valence-corrected chi connectivity index (χ1v) is 10.9. The van der Waals surface area contributed by atoms with Gasteiger partial charge in [0.05, 0.1) is 37.1 Å². The summed E-state index contributed by atoms with van der Waals surface area (Å²) < 4.78 is 17.6. The molecule has 0 bridgehead atoms. The van der Waals surface area contributed by atoms with Crippen LogP contribution in [0.4, 0.5) is 0 Å². The second-order valence-corrected chi connectivity index (χ2v) is 8.28. The normalized spacial score (nSPS) is 36.0. The Balaban J connectivity index is 1.23. The lowest BCUT2D eigenvalue weighted by Crippen LogP contribution is -2.31. The van der Waals surface area contributed by atoms with Crippen LogP contribution in [0.2, 0.25) is 0 Å². The first-order valence-electron chi connectivity index (χ1n) is 10.9. The van der Waals surface area contributed by atoms with Gasteiger partial charge < -0.3 is 19.3 Å². The maximum Gasteiger partial charge on any atom is 0.107 e. The molecule has 0 aliphatic carbocycles. The topological polar surface area (TPSA) is 51.2 Å². The fraction of sp³-hybridized carbons (Fsp3) is 1.00. The fourth-order valence-corrected chi connectivity index (χ4v) is 4.43. The smallest absolute Gasteiger partial charge is 0.107 e. The van der Waals surface area contributed by atoms with Crippen molar-refractivity contribution in [1.82, 2.24) is 0 Å². The van der Waals surface area contributed by atoms with Crippen LogP contribution in [0.5, 0.6) is 0 Å². The van der Waals surface area contributed by atoms with Crippen molar-refractivity contribution in [3.8, 4) is 0 Å². The van der Waals surface area contributed by atoms with Gasteiger partial charge in [0.25, 0.3) is 0 Å². The van der Waals surface area contributed by atoms with Gasteiger partial charge in [-0.1, -0.05) is 58.3 Å². The molecular formula is C21H38O4. The Hall–Kier alpha value is -0.160. The van der Waals surface area contributed by atoms with Gasteiger partial charge in [-0.2, -0.15) is 0 Å². The van der Waals surface area contributed by atoms with Crippen molar-refractivity contribution < 1.29 is 19.3 Å². The highest BCUT2D eigenvalue weighted by molar-refractivity contribution is 4.91. The van der Waals surface area contributed by atoms with E-state index < -0.39 is 0 Å². The molecule has 3 saturated heterocycles. The molecule has 0 unspecified atom stereocenters. The quantitative estimate of drug-likeness (QED) is 0.418. The Morgan fingerprint density at radius 1 is 0.760 bits per heavy atom. The third kappa shape index (κ3) is 6.20. The molecule has 3 heterocycles. The summed E-state index contributed by atoms with van der Waals surface area (Å²) in [6.07, 6.45) is 16.3. The number of hydrogen-bond acceptors (Lipinski definition) is 4. The maximum atomic E-state index is 10.4. The van der Waals surface area contributed by atoms with Crippen LogP contribution in [0.25, 0.3) is 0 Å². The number of hydrogen-bond donors (Lipinski definition) is 1. The molecule has 0 aromatic carbocycles. The van der Waals surface area contributed by atoms with Crippen molar-refractivity contribution in [2.24, 2.45) is 0 Å². The summed E-state index contributed by atoms with van der Waals surface area (Å²) in [5, 5.41) is 10.4. The SMILES string of the molecule is CCCCCCCCCC[C@H](O)[C@H]1CC[C@H]([C@H]2CC[C@H]([C@H]3CO3)O2)O1. The van der Waals surface area contributed by atoms with E-state index in [2.05, 4.69) is 6.92 Å². The highest BCUT2D eigenvalue weighted by atomic mass is 16.6. The van der Waals surface area contributed by atoms with Crippen LogP contribution in [0.1, 0.15) is 90.4 Å². The molecule has 0 spiro atoms. The molecule has 1 N–H and O–H groups in total. The summed E-state index contributed by atoms with van der Waals surface area (Å²) in [6.45, 7) is 3.12. The standard InChI is InChI=1S/C21H38O4/c1-2-3-4-5-6-7-8-9-10-16(22)17-11-12-18(24-17)19-13-14-20(25-19)21-15-23-21/h16-22H,2-15H2,1H3/t16-,17+,18+,19+,20+,21+/m0/s1. The number of rotatable bonds is 12. The molecular weight excluding hydrogens is 316 g/mol. The molecule has 4 nitrogen and oxygen atoms in total. The highest BCUT2D eigenvalue weighted by Crippen LogP contribution is 2.36. The van der Waals surface area contributed by atoms with E-state index in [9.17, 15) is 5.11 Å². The zero-order valence-electron chi connectivity index (χ0n) is 16.0. The monoisotopic (exact) mass is 354 g/mol. The van der Waals surface area contributed by atoms with Crippen LogP contribution in [-0.2, 0) is 14.2 Å². The van der Waals surface area contributed by atoms with Gasteiger partial charge in [-0.3, -0.25) is 0 Å². The van der Waals surface area contributed by atoms with Crippen LogP contribution in [0.15, 0.2) is 0 Å². The van der Waals surface area contributed by atoms with Crippen LogP contribution in [0.3, 0.4) is 0 Å². The average molecular weight is 355 g/mol. The number of unbranched alkanes of at least 4 members (excludes halogenated alkanes) is 7. The lowest BCUT2D eigenvalue weighted by Gasteiger charge is -2.22. The molecule has 3 fully saturated rings. The Labute approximate surface area is 153 Å². The van der Waals surface area contributed by atoms with Gasteiger partial charge in [-0.05, 0) is 32.1 Å². The summed E-state index contributed by atoms with van der Waals surface area (Å²) in [6, 6.07) is 0. The van der Waals surface area contributed by atoms with Gasteiger partial charge in [0.15, 0.2) is 0 Å². The Kier molecular flexibility index (Phi) is 8.03. The minimum absolute atomic E-state index is 0.0226. The molecule has 0 radical (unpaired) electrons. The van der Waals surface area contributed by atoms with Crippen LogP contribution in [-0.4, -0.2) is 48.3 Å². The van der Waals surface area contributed by atoms with E-state index in [0.717, 1.165) is 45.1 Å². The fourth-order valence-electron chi connectivity index (χ4n) is 4.43. The van der Waals surface area contributed by atoms with E-state index in [0.29, 0.717) is 6.10 Å². The van der Waals surface area contributed by atoms with Crippen molar-refractivity contribution in [3.05, 3.63) is 0 Å². The predicted octanol–water partition coefficient (Wildman–Crippen LogP) is 4.37. The maximum absolute atomic E-state index is 10.4. The van der Waals surface area contributed by atoms with Gasteiger partial charge in [0.1, 0.15) is 6.10 Å². The van der Waals surface area contributed by atoms with E-state index in [1.54, 1.807) is 0 Å². The van der Waals surface area contributed by atoms with Gasteiger partial charge >= 0.3 is 0 Å². The van der Waals surface area contributed by atoms with Crippen molar-refractivity contribution >= 4 is 0 Å². The van der Waals surface area contributed by atoms with Gasteiger partial charge in [0, 0.05) is 0 Å². The lowest BCUT2D eigenvalue weighted by atomic mass is 10.0. The first kappa shape index (κ1) is 19.6. The van der Waals surface area contributed by atoms with E-state index in [1.165, 1.54) is 44.9 Å². The Bertz CT molecular complexity index is 371. The van der Waals surface area contributed by atoms with Crippen molar-refractivity contribution in [3.63, 3.8) is 0 Å². The van der Waals surface area contributed by atoms with E-state index >= 15 is 0 Å². The molecule has 0 aromatic heterocycles. The summed E-state index contributed by atoms with van der Waals surface area (Å²) >= 11 is 0. The summed E-state index contributed by atoms with van der Waals surface area (Å²) in [7, 11) is 0. The van der Waals surface area contributed by atoms with Gasteiger partial charge in [0.2, 0.25) is 0 Å². The van der Waals surface area contributed by atoms with Crippen molar-refractivity contribution in [2.45, 2.75) is 127 Å². The Morgan fingerprint density at radius 3 is 2.00 bits per heavy atom. The number of epoxide rings is 1. The second kappa shape index (κ2) is 10.2. The molecule has 3 rings (SSSR count). The number of aliphatic hydroxyl groups excluding tert-OH is 1. The molecule has 3 aliphatic heterocycles. The van der Waals surface area contributed by atoms with Crippen LogP contribution in [0, 0.1) is 0 Å². The summed E-state index contributed by atoms with van der Waals surface area (Å²) in [4.78, 5) is 0. The number of aliphatic hydroxyl groups is 1. The highest BCUT2D eigenvalue weighted by Gasteiger charge is 2.44. The molecule has 3 aliphatic rings. The largest absolute Gasteiger partial charge is 0.390 e. The van der Waals surface area contributed by atoms with E-state index in [4.69, 9.17) is 14.2 Å². The molecule has 0 saturated carbocycles. The summed E-state index contributed by atoms with van der Waals surface area (Å²) in [5.74, 6) is 0. The lowest BCUT2D eigenvalue weighted by molar-refractivity contribution is -0.0955. The van der Waals surface area contributed by atoms with Crippen molar-refractivity contribution in [2.75, 3.05) is 6.61 Å². The number of ether oxygens (including phenoxy) is 3. The first-order chi connectivity index (χ1) is 12.3.